The topological polar surface area (TPSA) is 113 Å². The molecule has 10 heteroatoms. The first kappa shape index (κ1) is 27.2. The number of unbranched alkanes of at least 4 members (excludes halogenated alkanes) is 3. The molecule has 1 aliphatic rings. The summed E-state index contributed by atoms with van der Waals surface area (Å²) in [5.74, 6) is -0.841. The first-order chi connectivity index (χ1) is 17.2. The Morgan fingerprint density at radius 2 is 1.92 bits per heavy atom. The highest BCUT2D eigenvalue weighted by Gasteiger charge is 2.35. The van der Waals surface area contributed by atoms with Crippen LogP contribution in [0, 0.1) is 18.3 Å². The molecule has 36 heavy (non-hydrogen) atoms. The number of nitrogens with zero attached hydrogens (tertiary/aromatic N) is 3. The number of Topliss-reactive ketones (excluding diaryl/α,β-unsaturated/α-hetero) is 1. The molecular formula is C26H27N3O5S2. The molecule has 1 fully saturated rings. The summed E-state index contributed by atoms with van der Waals surface area (Å²) in [4.78, 5) is 40.6. The molecule has 0 saturated carbocycles. The van der Waals surface area contributed by atoms with Gasteiger partial charge in [0.15, 0.2) is 5.78 Å². The quantitative estimate of drug-likeness (QED) is 0.210. The Hall–Kier alpha value is -3.42. The molecule has 1 saturated heterocycles. The molecule has 0 spiro atoms. The maximum Gasteiger partial charge on any atom is 0.271 e. The van der Waals surface area contributed by atoms with E-state index < -0.39 is 29.7 Å². The monoisotopic (exact) mass is 525 g/mol. The fourth-order valence-corrected chi connectivity index (χ4v) is 5.15. The maximum atomic E-state index is 13.3. The number of thiocarbonyl (C=S) groups is 1. The highest BCUT2D eigenvalue weighted by atomic mass is 32.2. The summed E-state index contributed by atoms with van der Waals surface area (Å²) in [6.07, 6.45) is 5.11. The van der Waals surface area contributed by atoms with Crippen molar-refractivity contribution in [3.05, 3.63) is 61.8 Å². The van der Waals surface area contributed by atoms with Crippen molar-refractivity contribution in [2.45, 2.75) is 46.1 Å². The van der Waals surface area contributed by atoms with Gasteiger partial charge in [-0.25, -0.2) is 0 Å². The van der Waals surface area contributed by atoms with Gasteiger partial charge in [0.25, 0.3) is 11.5 Å². The van der Waals surface area contributed by atoms with Crippen LogP contribution in [0.3, 0.4) is 0 Å². The Morgan fingerprint density at radius 3 is 2.53 bits per heavy atom. The average molecular weight is 526 g/mol. The maximum absolute atomic E-state index is 13.3. The van der Waals surface area contributed by atoms with Crippen molar-refractivity contribution in [3.63, 3.8) is 0 Å². The predicted molar refractivity (Wildman–Crippen MR) is 143 cm³/mol. The lowest BCUT2D eigenvalue weighted by Gasteiger charge is -2.18. The first-order valence-corrected chi connectivity index (χ1v) is 12.7. The smallest absolute Gasteiger partial charge is 0.271 e. The SMILES string of the molecule is CCCCCCn1c(O)c(C(=O)CN2C(=O)/C(=C/c3ccc(OC)cc3)SC2=S)c(C)c(C#N)c1=O. The Bertz CT molecular complexity index is 1320. The number of pyridine rings is 1. The Kier molecular flexibility index (Phi) is 9.07. The van der Waals surface area contributed by atoms with Crippen LogP contribution in [0.2, 0.25) is 0 Å². The van der Waals surface area contributed by atoms with E-state index in [9.17, 15) is 24.8 Å². The molecule has 0 atom stereocenters. The summed E-state index contributed by atoms with van der Waals surface area (Å²) in [7, 11) is 1.56. The number of aromatic nitrogens is 1. The Labute approximate surface area is 219 Å². The third-order valence-electron chi connectivity index (χ3n) is 5.90. The van der Waals surface area contributed by atoms with Crippen molar-refractivity contribution in [3.8, 4) is 17.7 Å². The first-order valence-electron chi connectivity index (χ1n) is 11.5. The van der Waals surface area contributed by atoms with E-state index >= 15 is 0 Å². The zero-order chi connectivity index (χ0) is 26.4. The number of benzene rings is 1. The minimum Gasteiger partial charge on any atom is -0.497 e. The minimum atomic E-state index is -0.631. The molecule has 1 aromatic heterocycles. The largest absolute Gasteiger partial charge is 0.497 e. The van der Waals surface area contributed by atoms with Crippen LogP contribution < -0.4 is 10.3 Å². The predicted octanol–water partition coefficient (Wildman–Crippen LogP) is 4.41. The standard InChI is InChI=1S/C26H27N3O5S2/c1-4-5-6-7-12-28-23(31)19(14-27)16(2)22(25(28)33)20(30)15-29-24(32)21(36-26(29)35)13-17-8-10-18(34-3)11-9-17/h8-11,13,33H,4-7,12,15H2,1-3H3/b21-13-. The molecule has 1 aromatic carbocycles. The molecule has 1 aliphatic heterocycles. The number of amides is 1. The lowest BCUT2D eigenvalue weighted by atomic mass is 10.0. The number of methoxy groups -OCH3 is 1. The van der Waals surface area contributed by atoms with Gasteiger partial charge in [-0.05, 0) is 42.7 Å². The van der Waals surface area contributed by atoms with Crippen molar-refractivity contribution < 1.29 is 19.4 Å². The lowest BCUT2D eigenvalue weighted by molar-refractivity contribution is -0.121. The van der Waals surface area contributed by atoms with E-state index in [0.717, 1.165) is 41.2 Å². The summed E-state index contributed by atoms with van der Waals surface area (Å²) >= 11 is 6.42. The van der Waals surface area contributed by atoms with E-state index in [2.05, 4.69) is 6.92 Å². The highest BCUT2D eigenvalue weighted by molar-refractivity contribution is 8.26. The van der Waals surface area contributed by atoms with E-state index in [0.29, 0.717) is 17.1 Å². The third kappa shape index (κ3) is 5.69. The molecule has 0 unspecified atom stereocenters. The van der Waals surface area contributed by atoms with E-state index in [4.69, 9.17) is 17.0 Å². The molecule has 8 nitrogen and oxygen atoms in total. The van der Waals surface area contributed by atoms with E-state index in [1.807, 2.05) is 6.07 Å². The molecule has 1 amide bonds. The van der Waals surface area contributed by atoms with Gasteiger partial charge >= 0.3 is 0 Å². The van der Waals surface area contributed by atoms with Gasteiger partial charge < -0.3 is 9.84 Å². The Balaban J connectivity index is 1.88. The molecule has 0 bridgehead atoms. The van der Waals surface area contributed by atoms with Gasteiger partial charge in [-0.2, -0.15) is 5.26 Å². The molecule has 1 N–H and O–H groups in total. The second-order valence-electron chi connectivity index (χ2n) is 8.29. The number of aromatic hydroxyl groups is 1. The number of hydrogen-bond acceptors (Lipinski definition) is 8. The second-order valence-corrected chi connectivity index (χ2v) is 9.97. The van der Waals surface area contributed by atoms with Gasteiger partial charge in [0.05, 0.1) is 24.1 Å². The number of rotatable bonds is 10. The van der Waals surface area contributed by atoms with Crippen molar-refractivity contribution in [1.82, 2.24) is 9.47 Å². The van der Waals surface area contributed by atoms with Crippen LogP contribution in [0.15, 0.2) is 34.0 Å². The summed E-state index contributed by atoms with van der Waals surface area (Å²) in [5, 5.41) is 20.4. The van der Waals surface area contributed by atoms with Crippen LogP contribution in [-0.2, 0) is 11.3 Å². The van der Waals surface area contributed by atoms with Crippen molar-refractivity contribution in [2.24, 2.45) is 0 Å². The fraction of sp³-hybridized carbons (Fsp3) is 0.346. The van der Waals surface area contributed by atoms with Crippen molar-refractivity contribution >= 4 is 46.1 Å². The molecule has 0 aliphatic carbocycles. The number of ketones is 1. The zero-order valence-electron chi connectivity index (χ0n) is 20.4. The van der Waals surface area contributed by atoms with Crippen LogP contribution in [-0.4, -0.2) is 44.2 Å². The van der Waals surface area contributed by atoms with E-state index in [-0.39, 0.29) is 27.6 Å². The number of ether oxygens (including phenoxy) is 1. The number of hydrogen-bond donors (Lipinski definition) is 1. The van der Waals surface area contributed by atoms with Crippen LogP contribution in [0.25, 0.3) is 6.08 Å². The average Bonchev–Trinajstić information content (AvgIpc) is 3.11. The highest BCUT2D eigenvalue weighted by Crippen LogP contribution is 2.33. The summed E-state index contributed by atoms with van der Waals surface area (Å²) < 4.78 is 6.42. The van der Waals surface area contributed by atoms with Crippen LogP contribution in [0.5, 0.6) is 11.6 Å². The van der Waals surface area contributed by atoms with Gasteiger partial charge in [0, 0.05) is 6.54 Å². The van der Waals surface area contributed by atoms with Crippen LogP contribution in [0.1, 0.15) is 59.7 Å². The minimum absolute atomic E-state index is 0.0917. The molecule has 2 heterocycles. The molecule has 0 radical (unpaired) electrons. The lowest BCUT2D eigenvalue weighted by Crippen LogP contribution is -2.35. The fourth-order valence-electron chi connectivity index (χ4n) is 3.90. The third-order valence-corrected chi connectivity index (χ3v) is 7.28. The molecule has 3 rings (SSSR count). The van der Waals surface area contributed by atoms with Gasteiger partial charge in [0.2, 0.25) is 5.88 Å². The van der Waals surface area contributed by atoms with Crippen LogP contribution in [0.4, 0.5) is 0 Å². The van der Waals surface area contributed by atoms with Crippen LogP contribution >= 0.6 is 24.0 Å². The van der Waals surface area contributed by atoms with Gasteiger partial charge in [-0.3, -0.25) is 23.9 Å². The molecule has 2 aromatic rings. The number of nitriles is 1. The molecular weight excluding hydrogens is 498 g/mol. The Morgan fingerprint density at radius 1 is 1.22 bits per heavy atom. The number of carbonyl (C=O) groups is 2. The van der Waals surface area contributed by atoms with Gasteiger partial charge in [-0.15, -0.1) is 0 Å². The van der Waals surface area contributed by atoms with Crippen molar-refractivity contribution in [2.75, 3.05) is 13.7 Å². The zero-order valence-corrected chi connectivity index (χ0v) is 22.0. The van der Waals surface area contributed by atoms with E-state index in [1.165, 1.54) is 11.8 Å². The van der Waals surface area contributed by atoms with E-state index in [1.54, 1.807) is 37.5 Å². The summed E-state index contributed by atoms with van der Waals surface area (Å²) in [6, 6.07) is 8.99. The van der Waals surface area contributed by atoms with Gasteiger partial charge in [0.1, 0.15) is 21.7 Å². The van der Waals surface area contributed by atoms with Crippen molar-refractivity contribution in [1.29, 1.82) is 5.26 Å². The normalized spacial score (nSPS) is 14.4. The summed E-state index contributed by atoms with van der Waals surface area (Å²) in [6.45, 7) is 3.27. The van der Waals surface area contributed by atoms with Gasteiger partial charge in [-0.1, -0.05) is 62.3 Å². The summed E-state index contributed by atoms with van der Waals surface area (Å²) in [5.41, 5.74) is -0.112. The number of thioether (sulfide) groups is 1. The second kappa shape index (κ2) is 12.0. The molecule has 188 valence electrons. The number of carbonyl (C=O) groups excluding carboxylic acids is 2.